The van der Waals surface area contributed by atoms with Crippen LogP contribution in [0, 0.1) is 5.92 Å². The van der Waals surface area contributed by atoms with E-state index in [1.54, 1.807) is 13.8 Å². The summed E-state index contributed by atoms with van der Waals surface area (Å²) in [6.45, 7) is 5.24. The van der Waals surface area contributed by atoms with E-state index in [0.29, 0.717) is 12.0 Å². The van der Waals surface area contributed by atoms with Crippen LogP contribution in [0.3, 0.4) is 0 Å². The van der Waals surface area contributed by atoms with Gasteiger partial charge in [0.1, 0.15) is 0 Å². The summed E-state index contributed by atoms with van der Waals surface area (Å²) in [4.78, 5) is 36.9. The van der Waals surface area contributed by atoms with Crippen molar-refractivity contribution in [2.75, 3.05) is 7.11 Å². The summed E-state index contributed by atoms with van der Waals surface area (Å²) in [5.41, 5.74) is -0.379. The van der Waals surface area contributed by atoms with Crippen LogP contribution in [0.25, 0.3) is 0 Å². The van der Waals surface area contributed by atoms with Gasteiger partial charge in [-0.05, 0) is 20.3 Å². The highest BCUT2D eigenvalue weighted by Gasteiger charge is 2.23. The molecule has 6 nitrogen and oxygen atoms in total. The Morgan fingerprint density at radius 3 is 2.56 bits per heavy atom. The number of nitrogens with one attached hydrogen (secondary N) is 1. The first-order valence-corrected chi connectivity index (χ1v) is 5.84. The molecular formula is C12H18N2O4. The predicted molar refractivity (Wildman–Crippen MR) is 66.6 cm³/mol. The first-order valence-electron chi connectivity index (χ1n) is 5.84. The lowest BCUT2D eigenvalue weighted by atomic mass is 10.0. The van der Waals surface area contributed by atoms with E-state index in [-0.39, 0.29) is 11.6 Å². The van der Waals surface area contributed by atoms with Gasteiger partial charge in [0, 0.05) is 17.8 Å². The van der Waals surface area contributed by atoms with Crippen molar-refractivity contribution < 1.29 is 9.53 Å². The van der Waals surface area contributed by atoms with E-state index in [0.717, 1.165) is 0 Å². The van der Waals surface area contributed by atoms with Crippen molar-refractivity contribution >= 4 is 5.97 Å². The van der Waals surface area contributed by atoms with E-state index in [4.69, 9.17) is 0 Å². The van der Waals surface area contributed by atoms with Crippen molar-refractivity contribution in [3.8, 4) is 0 Å². The maximum atomic E-state index is 11.7. The molecule has 0 saturated carbocycles. The Labute approximate surface area is 105 Å². The maximum absolute atomic E-state index is 11.7. The number of hydrogen-bond acceptors (Lipinski definition) is 4. The number of esters is 1. The molecule has 100 valence electrons. The van der Waals surface area contributed by atoms with Crippen molar-refractivity contribution in [2.45, 2.75) is 33.2 Å². The normalized spacial score (nSPS) is 14.0. The van der Waals surface area contributed by atoms with E-state index >= 15 is 0 Å². The molecule has 6 heteroatoms. The molecule has 2 atom stereocenters. The lowest BCUT2D eigenvalue weighted by molar-refractivity contribution is -0.146. The number of aromatic amines is 1. The summed E-state index contributed by atoms with van der Waals surface area (Å²) in [6, 6.07) is -0.382. The molecule has 1 aromatic heterocycles. The van der Waals surface area contributed by atoms with Crippen LogP contribution < -0.4 is 11.2 Å². The summed E-state index contributed by atoms with van der Waals surface area (Å²) >= 11 is 0. The van der Waals surface area contributed by atoms with Crippen molar-refractivity contribution in [3.63, 3.8) is 0 Å². The SMILES string of the molecule is CCc1cn(C(C)C(C)C(=O)OC)c(=O)[nH]c1=O. The largest absolute Gasteiger partial charge is 0.469 e. The Hall–Kier alpha value is -1.85. The number of carbonyl (C=O) groups excluding carboxylic acids is 1. The second kappa shape index (κ2) is 5.66. The van der Waals surface area contributed by atoms with Gasteiger partial charge in [0.15, 0.2) is 0 Å². The Morgan fingerprint density at radius 1 is 1.44 bits per heavy atom. The first-order chi connectivity index (χ1) is 8.42. The van der Waals surface area contributed by atoms with Gasteiger partial charge in [0.2, 0.25) is 0 Å². The third-order valence-electron chi connectivity index (χ3n) is 3.16. The minimum absolute atomic E-state index is 0.378. The predicted octanol–water partition coefficient (Wildman–Crippen LogP) is 0.469. The maximum Gasteiger partial charge on any atom is 0.328 e. The zero-order chi connectivity index (χ0) is 13.9. The smallest absolute Gasteiger partial charge is 0.328 e. The van der Waals surface area contributed by atoms with Crippen LogP contribution in [0.1, 0.15) is 32.4 Å². The topological polar surface area (TPSA) is 81.2 Å². The molecule has 0 bridgehead atoms. The number of nitrogens with zero attached hydrogens (tertiary/aromatic N) is 1. The summed E-state index contributed by atoms with van der Waals surface area (Å²) < 4.78 is 6.01. The van der Waals surface area contributed by atoms with E-state index in [1.807, 2.05) is 6.92 Å². The van der Waals surface area contributed by atoms with Gasteiger partial charge >= 0.3 is 11.7 Å². The Bertz CT molecular complexity index is 544. The zero-order valence-electron chi connectivity index (χ0n) is 11.0. The standard InChI is InChI=1S/C12H18N2O4/c1-5-9-6-14(12(17)13-10(9)15)8(3)7(2)11(16)18-4/h6-8H,5H2,1-4H3,(H,13,15,17). The molecule has 1 heterocycles. The lowest BCUT2D eigenvalue weighted by Crippen LogP contribution is -2.36. The molecule has 1 aromatic rings. The van der Waals surface area contributed by atoms with Gasteiger partial charge < -0.3 is 4.74 Å². The van der Waals surface area contributed by atoms with Gasteiger partial charge in [-0.3, -0.25) is 19.1 Å². The second-order valence-corrected chi connectivity index (χ2v) is 4.23. The fourth-order valence-corrected chi connectivity index (χ4v) is 1.71. The number of carbonyl (C=O) groups is 1. The average Bonchev–Trinajstić information content (AvgIpc) is 2.36. The molecule has 1 N–H and O–H groups in total. The fourth-order valence-electron chi connectivity index (χ4n) is 1.71. The number of rotatable bonds is 4. The van der Waals surface area contributed by atoms with Crippen LogP contribution in [0.4, 0.5) is 0 Å². The quantitative estimate of drug-likeness (QED) is 0.792. The Morgan fingerprint density at radius 2 is 2.06 bits per heavy atom. The van der Waals surface area contributed by atoms with E-state index in [2.05, 4.69) is 9.72 Å². The number of hydrogen-bond donors (Lipinski definition) is 1. The fraction of sp³-hybridized carbons (Fsp3) is 0.583. The van der Waals surface area contributed by atoms with Gasteiger partial charge in [-0.1, -0.05) is 6.92 Å². The number of ether oxygens (including phenoxy) is 1. The monoisotopic (exact) mass is 254 g/mol. The minimum Gasteiger partial charge on any atom is -0.469 e. The van der Waals surface area contributed by atoms with Crippen molar-refractivity contribution in [3.05, 3.63) is 32.6 Å². The minimum atomic E-state index is -0.513. The van der Waals surface area contributed by atoms with E-state index in [9.17, 15) is 14.4 Å². The number of H-pyrrole nitrogens is 1. The first kappa shape index (κ1) is 14.2. The highest BCUT2D eigenvalue weighted by atomic mass is 16.5. The molecule has 0 aliphatic rings. The van der Waals surface area contributed by atoms with Gasteiger partial charge in [0.05, 0.1) is 13.0 Å². The van der Waals surface area contributed by atoms with Crippen LogP contribution in [0.2, 0.25) is 0 Å². The Balaban J connectivity index is 3.21. The number of aryl methyl sites for hydroxylation is 1. The molecule has 0 aliphatic heterocycles. The van der Waals surface area contributed by atoms with Crippen LogP contribution in [-0.4, -0.2) is 22.6 Å². The molecule has 0 spiro atoms. The van der Waals surface area contributed by atoms with Gasteiger partial charge in [-0.2, -0.15) is 0 Å². The summed E-state index contributed by atoms with van der Waals surface area (Å²) in [5, 5.41) is 0. The zero-order valence-corrected chi connectivity index (χ0v) is 11.0. The van der Waals surface area contributed by atoms with Gasteiger partial charge in [-0.25, -0.2) is 4.79 Å². The van der Waals surface area contributed by atoms with Crippen LogP contribution in [-0.2, 0) is 16.0 Å². The number of methoxy groups -OCH3 is 1. The lowest BCUT2D eigenvalue weighted by Gasteiger charge is -2.20. The highest BCUT2D eigenvalue weighted by molar-refractivity contribution is 5.72. The Kier molecular flexibility index (Phi) is 4.47. The molecule has 0 fully saturated rings. The number of aromatic nitrogens is 2. The molecular weight excluding hydrogens is 236 g/mol. The molecule has 0 saturated heterocycles. The summed E-state index contributed by atoms with van der Waals surface area (Å²) in [5.74, 6) is -0.859. The van der Waals surface area contributed by atoms with Gasteiger partial charge in [0.25, 0.3) is 5.56 Å². The molecule has 1 rings (SSSR count). The van der Waals surface area contributed by atoms with Crippen molar-refractivity contribution in [2.24, 2.45) is 5.92 Å². The van der Waals surface area contributed by atoms with E-state index < -0.39 is 17.6 Å². The van der Waals surface area contributed by atoms with Crippen LogP contribution in [0.15, 0.2) is 15.8 Å². The molecule has 2 unspecified atom stereocenters. The average molecular weight is 254 g/mol. The molecule has 0 radical (unpaired) electrons. The van der Waals surface area contributed by atoms with Crippen LogP contribution in [0.5, 0.6) is 0 Å². The second-order valence-electron chi connectivity index (χ2n) is 4.23. The molecule has 18 heavy (non-hydrogen) atoms. The third kappa shape index (κ3) is 2.69. The van der Waals surface area contributed by atoms with Crippen molar-refractivity contribution in [1.29, 1.82) is 0 Å². The summed E-state index contributed by atoms with van der Waals surface area (Å²) in [6.07, 6.45) is 2.03. The highest BCUT2D eigenvalue weighted by Crippen LogP contribution is 2.16. The molecule has 0 amide bonds. The molecule has 0 aliphatic carbocycles. The van der Waals surface area contributed by atoms with Crippen molar-refractivity contribution in [1.82, 2.24) is 9.55 Å². The van der Waals surface area contributed by atoms with Crippen LogP contribution >= 0.6 is 0 Å². The van der Waals surface area contributed by atoms with Gasteiger partial charge in [-0.15, -0.1) is 0 Å². The van der Waals surface area contributed by atoms with E-state index in [1.165, 1.54) is 17.9 Å². The molecule has 0 aromatic carbocycles. The third-order valence-corrected chi connectivity index (χ3v) is 3.16. The summed E-state index contributed by atoms with van der Waals surface area (Å²) in [7, 11) is 1.30.